The summed E-state index contributed by atoms with van der Waals surface area (Å²) in [6, 6.07) is 6.40. The van der Waals surface area contributed by atoms with E-state index in [0.717, 1.165) is 60.6 Å². The first-order valence-corrected chi connectivity index (χ1v) is 11.9. The Kier molecular flexibility index (Phi) is 8.67. The molecule has 2 aromatic rings. The lowest BCUT2D eigenvalue weighted by Gasteiger charge is -2.18. The summed E-state index contributed by atoms with van der Waals surface area (Å²) in [5.41, 5.74) is 2.06. The van der Waals surface area contributed by atoms with Gasteiger partial charge in [0, 0.05) is 43.5 Å². The second-order valence-electron chi connectivity index (χ2n) is 9.37. The molecule has 7 nitrogen and oxygen atoms in total. The molecule has 1 fully saturated rings. The van der Waals surface area contributed by atoms with E-state index in [1.165, 1.54) is 0 Å². The van der Waals surface area contributed by atoms with Gasteiger partial charge < -0.3 is 19.7 Å². The third kappa shape index (κ3) is 6.55. The second kappa shape index (κ2) is 11.5. The predicted molar refractivity (Wildman–Crippen MR) is 125 cm³/mol. The summed E-state index contributed by atoms with van der Waals surface area (Å²) >= 11 is 0. The summed E-state index contributed by atoms with van der Waals surface area (Å²) in [7, 11) is 1.64. The molecule has 1 atom stereocenters. The van der Waals surface area contributed by atoms with Crippen LogP contribution in [-0.4, -0.2) is 39.5 Å². The Balaban J connectivity index is 1.67. The Morgan fingerprint density at radius 3 is 2.72 bits per heavy atom. The Bertz CT molecular complexity index is 889. The lowest BCUT2D eigenvalue weighted by molar-refractivity contribution is -0.121. The number of aromatic nitrogens is 3. The lowest BCUT2D eigenvalue weighted by Crippen LogP contribution is -2.26. The van der Waals surface area contributed by atoms with Crippen molar-refractivity contribution < 1.29 is 14.6 Å². The maximum Gasteiger partial charge on any atom is 0.221 e. The number of aliphatic hydroxyl groups is 1. The highest BCUT2D eigenvalue weighted by Gasteiger charge is 2.32. The maximum absolute atomic E-state index is 12.8. The van der Waals surface area contributed by atoms with E-state index in [1.54, 1.807) is 7.11 Å². The van der Waals surface area contributed by atoms with E-state index >= 15 is 0 Å². The number of amides is 1. The zero-order valence-corrected chi connectivity index (χ0v) is 19.9. The van der Waals surface area contributed by atoms with E-state index in [1.807, 2.05) is 25.1 Å². The second-order valence-corrected chi connectivity index (χ2v) is 9.37. The monoisotopic (exact) mass is 442 g/mol. The van der Waals surface area contributed by atoms with Gasteiger partial charge in [0.25, 0.3) is 0 Å². The van der Waals surface area contributed by atoms with Crippen molar-refractivity contribution in [2.75, 3.05) is 13.7 Å². The number of methoxy groups -OCH3 is 1. The Labute approximate surface area is 191 Å². The SMILES string of the molecule is COc1cc(C)ccc1CNC(=O)CC(CCO)c1nnc(CCCC(C)C)n1C1CC1. The molecule has 1 aromatic heterocycles. The summed E-state index contributed by atoms with van der Waals surface area (Å²) < 4.78 is 7.70. The van der Waals surface area contributed by atoms with Crippen LogP contribution >= 0.6 is 0 Å². The predicted octanol–water partition coefficient (Wildman–Crippen LogP) is 4.08. The molecule has 0 saturated heterocycles. The molecular formula is C25H38N4O3. The minimum atomic E-state index is -0.146. The summed E-state index contributed by atoms with van der Waals surface area (Å²) in [5, 5.41) is 21.7. The summed E-state index contributed by atoms with van der Waals surface area (Å²) in [4.78, 5) is 12.8. The summed E-state index contributed by atoms with van der Waals surface area (Å²) in [5.74, 6) is 3.12. The molecule has 7 heteroatoms. The van der Waals surface area contributed by atoms with Crippen LogP contribution in [0.1, 0.15) is 87.1 Å². The average Bonchev–Trinajstić information content (AvgIpc) is 3.51. The third-order valence-electron chi connectivity index (χ3n) is 6.08. The van der Waals surface area contributed by atoms with Crippen molar-refractivity contribution in [3.63, 3.8) is 0 Å². The van der Waals surface area contributed by atoms with Crippen LogP contribution < -0.4 is 10.1 Å². The molecule has 1 aliphatic carbocycles. The number of nitrogens with zero attached hydrogens (tertiary/aromatic N) is 3. The molecule has 1 aromatic carbocycles. The topological polar surface area (TPSA) is 89.3 Å². The van der Waals surface area contributed by atoms with Gasteiger partial charge in [0.1, 0.15) is 17.4 Å². The number of hydrogen-bond acceptors (Lipinski definition) is 5. The Hall–Kier alpha value is -2.41. The first-order valence-electron chi connectivity index (χ1n) is 11.9. The summed E-state index contributed by atoms with van der Waals surface area (Å²) in [6.07, 6.45) is 6.21. The van der Waals surface area contributed by atoms with Crippen LogP contribution in [0.3, 0.4) is 0 Å². The van der Waals surface area contributed by atoms with Crippen molar-refractivity contribution in [2.24, 2.45) is 5.92 Å². The minimum absolute atomic E-state index is 0.0178. The van der Waals surface area contributed by atoms with Crippen LogP contribution in [0.2, 0.25) is 0 Å². The van der Waals surface area contributed by atoms with E-state index < -0.39 is 0 Å². The van der Waals surface area contributed by atoms with Gasteiger partial charge in [-0.3, -0.25) is 4.79 Å². The molecule has 0 aliphatic heterocycles. The van der Waals surface area contributed by atoms with Gasteiger partial charge in [-0.25, -0.2) is 0 Å². The van der Waals surface area contributed by atoms with Gasteiger partial charge in [-0.1, -0.05) is 32.4 Å². The molecule has 0 radical (unpaired) electrons. The first-order chi connectivity index (χ1) is 15.4. The van der Waals surface area contributed by atoms with Crippen LogP contribution in [0.5, 0.6) is 5.75 Å². The number of aliphatic hydroxyl groups excluding tert-OH is 1. The highest BCUT2D eigenvalue weighted by Crippen LogP contribution is 2.39. The molecule has 32 heavy (non-hydrogen) atoms. The Morgan fingerprint density at radius 2 is 2.06 bits per heavy atom. The molecular weight excluding hydrogens is 404 g/mol. The zero-order chi connectivity index (χ0) is 23.1. The van der Waals surface area contributed by atoms with Crippen LogP contribution in [-0.2, 0) is 17.8 Å². The number of carbonyl (C=O) groups is 1. The van der Waals surface area contributed by atoms with Crippen LogP contribution in [0.4, 0.5) is 0 Å². The number of carbonyl (C=O) groups excluding carboxylic acids is 1. The summed E-state index contributed by atoms with van der Waals surface area (Å²) in [6.45, 7) is 6.91. The lowest BCUT2D eigenvalue weighted by atomic mass is 9.99. The standard InChI is InChI=1S/C25H38N4O3/c1-17(2)6-5-7-23-27-28-25(29(23)21-10-11-21)19(12-13-30)15-24(31)26-16-20-9-8-18(3)14-22(20)32-4/h8-9,14,17,19,21,30H,5-7,10-13,15-16H2,1-4H3,(H,26,31). The van der Waals surface area contributed by atoms with E-state index in [2.05, 4.69) is 33.9 Å². The van der Waals surface area contributed by atoms with Crippen LogP contribution in [0.25, 0.3) is 0 Å². The highest BCUT2D eigenvalue weighted by molar-refractivity contribution is 5.76. The number of benzene rings is 1. The molecule has 1 heterocycles. The molecule has 0 bridgehead atoms. The van der Waals surface area contributed by atoms with Crippen molar-refractivity contribution in [1.29, 1.82) is 0 Å². The van der Waals surface area contributed by atoms with Gasteiger partial charge in [-0.15, -0.1) is 10.2 Å². The fourth-order valence-corrected chi connectivity index (χ4v) is 4.15. The van der Waals surface area contributed by atoms with Gasteiger partial charge in [-0.2, -0.15) is 0 Å². The largest absolute Gasteiger partial charge is 0.496 e. The van der Waals surface area contributed by atoms with Crippen molar-refractivity contribution in [3.8, 4) is 5.75 Å². The molecule has 1 amide bonds. The molecule has 3 rings (SSSR count). The Morgan fingerprint density at radius 1 is 1.28 bits per heavy atom. The van der Waals surface area contributed by atoms with Crippen LogP contribution in [0, 0.1) is 12.8 Å². The van der Waals surface area contributed by atoms with Gasteiger partial charge >= 0.3 is 0 Å². The fourth-order valence-electron chi connectivity index (χ4n) is 4.15. The maximum atomic E-state index is 12.8. The molecule has 1 saturated carbocycles. The van der Waals surface area contributed by atoms with Gasteiger partial charge in [0.2, 0.25) is 5.91 Å². The fraction of sp³-hybridized carbons (Fsp3) is 0.640. The molecule has 2 N–H and O–H groups in total. The third-order valence-corrected chi connectivity index (χ3v) is 6.08. The molecule has 176 valence electrons. The number of aryl methyl sites for hydroxylation is 2. The van der Waals surface area contributed by atoms with Crippen LogP contribution in [0.15, 0.2) is 18.2 Å². The van der Waals surface area contributed by atoms with E-state index in [4.69, 9.17) is 4.74 Å². The van der Waals surface area contributed by atoms with Crippen molar-refractivity contribution in [3.05, 3.63) is 41.0 Å². The van der Waals surface area contributed by atoms with E-state index in [0.29, 0.717) is 24.9 Å². The number of ether oxygens (including phenoxy) is 1. The van der Waals surface area contributed by atoms with Gasteiger partial charge in [0.05, 0.1) is 7.11 Å². The number of rotatable bonds is 13. The highest BCUT2D eigenvalue weighted by atomic mass is 16.5. The van der Waals surface area contributed by atoms with Gasteiger partial charge in [0.15, 0.2) is 0 Å². The van der Waals surface area contributed by atoms with E-state index in [9.17, 15) is 9.90 Å². The van der Waals surface area contributed by atoms with Crippen molar-refractivity contribution in [1.82, 2.24) is 20.1 Å². The number of nitrogens with one attached hydrogen (secondary N) is 1. The molecule has 1 aliphatic rings. The first kappa shape index (κ1) is 24.2. The van der Waals surface area contributed by atoms with Crippen molar-refractivity contribution >= 4 is 5.91 Å². The zero-order valence-electron chi connectivity index (χ0n) is 19.9. The quantitative estimate of drug-likeness (QED) is 0.488. The van der Waals surface area contributed by atoms with E-state index in [-0.39, 0.29) is 24.9 Å². The van der Waals surface area contributed by atoms with Gasteiger partial charge in [-0.05, 0) is 50.2 Å². The normalized spacial score (nSPS) is 14.6. The van der Waals surface area contributed by atoms with Crippen molar-refractivity contribution in [2.45, 2.75) is 84.2 Å². The minimum Gasteiger partial charge on any atom is -0.496 e. The average molecular weight is 443 g/mol. The molecule has 1 unspecified atom stereocenters. The molecule has 0 spiro atoms. The number of hydrogen-bond donors (Lipinski definition) is 2. The smallest absolute Gasteiger partial charge is 0.221 e.